The Kier molecular flexibility index (Phi) is 4.25. The number of anilines is 2. The van der Waals surface area contributed by atoms with Crippen LogP contribution in [0.3, 0.4) is 0 Å². The average molecular weight is 258 g/mol. The van der Waals surface area contributed by atoms with Crippen LogP contribution in [0, 0.1) is 5.92 Å². The third-order valence-electron chi connectivity index (χ3n) is 3.64. The number of rotatable bonds is 3. The summed E-state index contributed by atoms with van der Waals surface area (Å²) >= 11 is 0. The van der Waals surface area contributed by atoms with E-state index in [9.17, 15) is 4.79 Å². The summed E-state index contributed by atoms with van der Waals surface area (Å²) in [6, 6.07) is 8.19. The van der Waals surface area contributed by atoms with Gasteiger partial charge in [-0.2, -0.15) is 0 Å². The minimum Gasteiger partial charge on any atom is -0.378 e. The van der Waals surface area contributed by atoms with E-state index in [0.717, 1.165) is 30.5 Å². The van der Waals surface area contributed by atoms with E-state index < -0.39 is 0 Å². The van der Waals surface area contributed by atoms with Crippen molar-refractivity contribution in [1.29, 1.82) is 0 Å². The van der Waals surface area contributed by atoms with Gasteiger partial charge in [-0.25, -0.2) is 0 Å². The Bertz CT molecular complexity index is 474. The Morgan fingerprint density at radius 2 is 1.95 bits per heavy atom. The summed E-state index contributed by atoms with van der Waals surface area (Å²) in [7, 11) is 4.04. The number of hydrogen-bond acceptors (Lipinski definition) is 3. The van der Waals surface area contributed by atoms with Crippen molar-refractivity contribution >= 4 is 17.2 Å². The predicted molar refractivity (Wildman–Crippen MR) is 80.5 cm³/mol. The monoisotopic (exact) mass is 258 g/mol. The molecule has 0 aliphatic heterocycles. The molecule has 1 saturated carbocycles. The van der Waals surface area contributed by atoms with E-state index in [1.807, 2.05) is 39.4 Å². The van der Waals surface area contributed by atoms with Gasteiger partial charge in [0, 0.05) is 43.2 Å². The Balaban J connectivity index is 2.03. The van der Waals surface area contributed by atoms with E-state index in [-0.39, 0.29) is 5.92 Å². The number of carbonyl (C=O) groups is 1. The first-order valence-corrected chi connectivity index (χ1v) is 6.85. The second-order valence-electron chi connectivity index (χ2n) is 5.41. The third kappa shape index (κ3) is 3.37. The van der Waals surface area contributed by atoms with Crippen molar-refractivity contribution in [2.75, 3.05) is 24.3 Å². The molecular formula is C16H22N2O. The summed E-state index contributed by atoms with van der Waals surface area (Å²) in [6.45, 7) is 2.02. The van der Waals surface area contributed by atoms with Gasteiger partial charge in [-0.1, -0.05) is 6.92 Å². The molecule has 19 heavy (non-hydrogen) atoms. The molecule has 1 aliphatic carbocycles. The van der Waals surface area contributed by atoms with Gasteiger partial charge in [-0.05, 0) is 43.5 Å². The van der Waals surface area contributed by atoms with Gasteiger partial charge < -0.3 is 10.2 Å². The van der Waals surface area contributed by atoms with Crippen LogP contribution in [0.25, 0.3) is 0 Å². The molecular weight excluding hydrogens is 236 g/mol. The molecule has 3 heteroatoms. The van der Waals surface area contributed by atoms with Gasteiger partial charge in [0.25, 0.3) is 0 Å². The fourth-order valence-electron chi connectivity index (χ4n) is 2.34. The minimum atomic E-state index is 0.179. The fourth-order valence-corrected chi connectivity index (χ4v) is 2.34. The van der Waals surface area contributed by atoms with Crippen LogP contribution in [-0.4, -0.2) is 19.9 Å². The normalized spacial score (nSPS) is 21.5. The molecule has 3 nitrogen and oxygen atoms in total. The number of allylic oxidation sites excluding steroid dienone is 1. The third-order valence-corrected chi connectivity index (χ3v) is 3.64. The largest absolute Gasteiger partial charge is 0.378 e. The quantitative estimate of drug-likeness (QED) is 0.843. The molecule has 1 N–H and O–H groups in total. The van der Waals surface area contributed by atoms with Crippen molar-refractivity contribution in [3.05, 3.63) is 36.0 Å². The molecule has 0 radical (unpaired) electrons. The molecule has 1 aromatic rings. The first-order chi connectivity index (χ1) is 9.08. The lowest BCUT2D eigenvalue weighted by Gasteiger charge is -2.19. The van der Waals surface area contributed by atoms with Gasteiger partial charge in [0.2, 0.25) is 0 Å². The van der Waals surface area contributed by atoms with E-state index in [4.69, 9.17) is 0 Å². The predicted octanol–water partition coefficient (Wildman–Crippen LogP) is 3.44. The van der Waals surface area contributed by atoms with E-state index >= 15 is 0 Å². The Hall–Kier alpha value is -1.77. The number of carbonyl (C=O) groups excluding carboxylic acids is 1. The van der Waals surface area contributed by atoms with Gasteiger partial charge in [0.05, 0.1) is 0 Å². The van der Waals surface area contributed by atoms with Gasteiger partial charge in [0.1, 0.15) is 0 Å². The molecule has 0 amide bonds. The molecule has 2 rings (SSSR count). The van der Waals surface area contributed by atoms with Crippen LogP contribution in [0.1, 0.15) is 26.2 Å². The van der Waals surface area contributed by atoms with Crippen molar-refractivity contribution in [2.24, 2.45) is 5.92 Å². The van der Waals surface area contributed by atoms with Crippen LogP contribution in [0.15, 0.2) is 36.0 Å². The summed E-state index contributed by atoms with van der Waals surface area (Å²) in [6.07, 6.45) is 4.91. The molecule has 0 unspecified atom stereocenters. The van der Waals surface area contributed by atoms with Crippen molar-refractivity contribution < 1.29 is 4.79 Å². The summed E-state index contributed by atoms with van der Waals surface area (Å²) in [5, 5.41) is 3.23. The molecule has 0 spiro atoms. The van der Waals surface area contributed by atoms with Crippen molar-refractivity contribution in [1.82, 2.24) is 0 Å². The zero-order chi connectivity index (χ0) is 13.8. The molecule has 102 valence electrons. The maximum Gasteiger partial charge on any atom is 0.163 e. The van der Waals surface area contributed by atoms with Crippen LogP contribution < -0.4 is 10.2 Å². The van der Waals surface area contributed by atoms with E-state index in [2.05, 4.69) is 22.3 Å². The van der Waals surface area contributed by atoms with Gasteiger partial charge in [-0.15, -0.1) is 0 Å². The number of Topliss-reactive ketones (excluding diaryl/α,β-unsaturated/α-hetero) is 1. The van der Waals surface area contributed by atoms with Crippen LogP contribution in [0.4, 0.5) is 11.4 Å². The molecule has 0 bridgehead atoms. The Morgan fingerprint density at radius 1 is 1.26 bits per heavy atom. The SMILES string of the molecule is C[C@H]1CCC/C(=C/Nc2ccc(N(C)C)cc2)C1=O. The lowest BCUT2D eigenvalue weighted by molar-refractivity contribution is -0.119. The molecule has 0 aromatic heterocycles. The van der Waals surface area contributed by atoms with E-state index in [0.29, 0.717) is 5.78 Å². The van der Waals surface area contributed by atoms with Gasteiger partial charge in [0.15, 0.2) is 5.78 Å². The lowest BCUT2D eigenvalue weighted by atomic mass is 9.86. The topological polar surface area (TPSA) is 32.3 Å². The van der Waals surface area contributed by atoms with E-state index in [1.165, 1.54) is 5.69 Å². The van der Waals surface area contributed by atoms with Crippen molar-refractivity contribution in [3.63, 3.8) is 0 Å². The second kappa shape index (κ2) is 5.91. The average Bonchev–Trinajstić information content (AvgIpc) is 2.41. The highest BCUT2D eigenvalue weighted by atomic mass is 16.1. The highest BCUT2D eigenvalue weighted by Gasteiger charge is 2.22. The fraction of sp³-hybridized carbons (Fsp3) is 0.438. The Morgan fingerprint density at radius 3 is 2.58 bits per heavy atom. The summed E-state index contributed by atoms with van der Waals surface area (Å²) < 4.78 is 0. The highest BCUT2D eigenvalue weighted by Crippen LogP contribution is 2.25. The summed E-state index contributed by atoms with van der Waals surface area (Å²) in [5.41, 5.74) is 3.11. The molecule has 1 fully saturated rings. The maximum absolute atomic E-state index is 12.0. The zero-order valence-electron chi connectivity index (χ0n) is 11.9. The molecule has 1 atom stereocenters. The summed E-state index contributed by atoms with van der Waals surface area (Å²) in [5.74, 6) is 0.474. The smallest absolute Gasteiger partial charge is 0.163 e. The Labute approximate surface area is 115 Å². The van der Waals surface area contributed by atoms with Crippen LogP contribution >= 0.6 is 0 Å². The van der Waals surface area contributed by atoms with Crippen LogP contribution in [0.2, 0.25) is 0 Å². The molecule has 1 aliphatic rings. The van der Waals surface area contributed by atoms with E-state index in [1.54, 1.807) is 0 Å². The molecule has 1 aromatic carbocycles. The maximum atomic E-state index is 12.0. The first-order valence-electron chi connectivity index (χ1n) is 6.85. The summed E-state index contributed by atoms with van der Waals surface area (Å²) in [4.78, 5) is 14.0. The standard InChI is InChI=1S/C16H22N2O/c1-12-5-4-6-13(16(12)19)11-17-14-7-9-15(10-8-14)18(2)3/h7-12,17H,4-6H2,1-3H3/b13-11-/t12-/m0/s1. The molecule has 0 saturated heterocycles. The van der Waals surface area contributed by atoms with Crippen LogP contribution in [-0.2, 0) is 4.79 Å². The highest BCUT2D eigenvalue weighted by molar-refractivity contribution is 5.97. The number of benzene rings is 1. The molecule has 0 heterocycles. The number of ketones is 1. The second-order valence-corrected chi connectivity index (χ2v) is 5.41. The van der Waals surface area contributed by atoms with Crippen LogP contribution in [0.5, 0.6) is 0 Å². The zero-order valence-corrected chi connectivity index (χ0v) is 11.9. The number of hydrogen-bond donors (Lipinski definition) is 1. The number of nitrogens with zero attached hydrogens (tertiary/aromatic N) is 1. The van der Waals surface area contributed by atoms with Crippen molar-refractivity contribution in [2.45, 2.75) is 26.2 Å². The number of nitrogens with one attached hydrogen (secondary N) is 1. The van der Waals surface area contributed by atoms with Gasteiger partial charge >= 0.3 is 0 Å². The minimum absolute atomic E-state index is 0.179. The van der Waals surface area contributed by atoms with Crippen molar-refractivity contribution in [3.8, 4) is 0 Å². The lowest BCUT2D eigenvalue weighted by Crippen LogP contribution is -2.19. The first kappa shape index (κ1) is 13.7. The van der Waals surface area contributed by atoms with Gasteiger partial charge in [-0.3, -0.25) is 4.79 Å².